The quantitative estimate of drug-likeness (QED) is 0.848. The Hall–Kier alpha value is -2.56. The molecular weight excluding hydrogens is 300 g/mol. The SMILES string of the molecule is Cc1ccc(N)cc1C(=O)NCc1ccnc(N2CCCCC2)c1. The first-order valence-electron chi connectivity index (χ1n) is 8.48. The Bertz CT molecular complexity index is 723. The minimum atomic E-state index is -0.101. The van der Waals surface area contributed by atoms with Crippen LogP contribution >= 0.6 is 0 Å². The van der Waals surface area contributed by atoms with Crippen molar-refractivity contribution in [3.63, 3.8) is 0 Å². The summed E-state index contributed by atoms with van der Waals surface area (Å²) in [5, 5.41) is 2.97. The van der Waals surface area contributed by atoms with Gasteiger partial charge in [-0.3, -0.25) is 4.79 Å². The summed E-state index contributed by atoms with van der Waals surface area (Å²) in [6.07, 6.45) is 5.55. The number of amides is 1. The molecule has 0 saturated carbocycles. The molecule has 24 heavy (non-hydrogen) atoms. The summed E-state index contributed by atoms with van der Waals surface area (Å²) in [7, 11) is 0. The molecule has 1 aromatic heterocycles. The highest BCUT2D eigenvalue weighted by atomic mass is 16.1. The van der Waals surface area contributed by atoms with E-state index in [0.717, 1.165) is 30.0 Å². The lowest BCUT2D eigenvalue weighted by molar-refractivity contribution is 0.0950. The van der Waals surface area contributed by atoms with Crippen LogP contribution in [0.2, 0.25) is 0 Å². The third kappa shape index (κ3) is 3.85. The van der Waals surface area contributed by atoms with Crippen molar-refractivity contribution in [3.8, 4) is 0 Å². The molecule has 1 aromatic carbocycles. The van der Waals surface area contributed by atoms with Gasteiger partial charge in [0.25, 0.3) is 5.91 Å². The van der Waals surface area contributed by atoms with Crippen molar-refractivity contribution in [2.75, 3.05) is 23.7 Å². The van der Waals surface area contributed by atoms with Crippen LogP contribution < -0.4 is 16.0 Å². The molecular formula is C19H24N4O. The Morgan fingerprint density at radius 3 is 2.79 bits per heavy atom. The zero-order valence-electron chi connectivity index (χ0n) is 14.1. The highest BCUT2D eigenvalue weighted by Crippen LogP contribution is 2.18. The third-order valence-corrected chi connectivity index (χ3v) is 4.45. The highest BCUT2D eigenvalue weighted by Gasteiger charge is 2.13. The Morgan fingerprint density at radius 2 is 2.00 bits per heavy atom. The van der Waals surface area contributed by atoms with Crippen LogP contribution in [0.4, 0.5) is 11.5 Å². The molecule has 1 amide bonds. The summed E-state index contributed by atoms with van der Waals surface area (Å²) < 4.78 is 0. The summed E-state index contributed by atoms with van der Waals surface area (Å²) in [6, 6.07) is 9.40. The van der Waals surface area contributed by atoms with E-state index in [1.807, 2.05) is 25.3 Å². The fourth-order valence-electron chi connectivity index (χ4n) is 3.03. The number of anilines is 2. The van der Waals surface area contributed by atoms with Gasteiger partial charge >= 0.3 is 0 Å². The van der Waals surface area contributed by atoms with E-state index < -0.39 is 0 Å². The van der Waals surface area contributed by atoms with Gasteiger partial charge in [0.05, 0.1) is 0 Å². The molecule has 1 aliphatic rings. The molecule has 0 spiro atoms. The molecule has 0 bridgehead atoms. The number of nitrogen functional groups attached to an aromatic ring is 1. The number of nitrogens with two attached hydrogens (primary N) is 1. The molecule has 1 aliphatic heterocycles. The lowest BCUT2D eigenvalue weighted by Crippen LogP contribution is -2.30. The molecule has 0 unspecified atom stereocenters. The van der Waals surface area contributed by atoms with Gasteiger partial charge in [0.2, 0.25) is 0 Å². The van der Waals surface area contributed by atoms with Crippen LogP contribution in [0.1, 0.15) is 40.7 Å². The number of rotatable bonds is 4. The normalized spacial score (nSPS) is 14.5. The summed E-state index contributed by atoms with van der Waals surface area (Å²) in [5.74, 6) is 0.901. The number of hydrogen-bond acceptors (Lipinski definition) is 4. The van der Waals surface area contributed by atoms with Crippen molar-refractivity contribution in [1.82, 2.24) is 10.3 Å². The second-order valence-electron chi connectivity index (χ2n) is 6.33. The van der Waals surface area contributed by atoms with Crippen molar-refractivity contribution in [2.24, 2.45) is 0 Å². The van der Waals surface area contributed by atoms with Crippen LogP contribution in [0, 0.1) is 6.92 Å². The first-order chi connectivity index (χ1) is 11.6. The number of carbonyl (C=O) groups excluding carboxylic acids is 1. The number of benzene rings is 1. The molecule has 2 heterocycles. The maximum absolute atomic E-state index is 12.4. The maximum atomic E-state index is 12.4. The van der Waals surface area contributed by atoms with E-state index in [0.29, 0.717) is 17.8 Å². The van der Waals surface area contributed by atoms with Gasteiger partial charge in [-0.2, -0.15) is 0 Å². The number of piperidine rings is 1. The molecule has 5 heteroatoms. The average Bonchev–Trinajstić information content (AvgIpc) is 2.63. The van der Waals surface area contributed by atoms with Crippen molar-refractivity contribution in [1.29, 1.82) is 0 Å². The molecule has 1 saturated heterocycles. The van der Waals surface area contributed by atoms with E-state index >= 15 is 0 Å². The Kier molecular flexibility index (Phi) is 4.99. The summed E-state index contributed by atoms with van der Waals surface area (Å²) >= 11 is 0. The van der Waals surface area contributed by atoms with Gasteiger partial charge < -0.3 is 16.0 Å². The van der Waals surface area contributed by atoms with Gasteiger partial charge in [0, 0.05) is 37.1 Å². The van der Waals surface area contributed by atoms with Crippen LogP contribution in [-0.2, 0) is 6.54 Å². The first-order valence-corrected chi connectivity index (χ1v) is 8.48. The maximum Gasteiger partial charge on any atom is 0.251 e. The van der Waals surface area contributed by atoms with Gasteiger partial charge in [-0.05, 0) is 61.6 Å². The number of aryl methyl sites for hydroxylation is 1. The predicted octanol–water partition coefficient (Wildman–Crippen LogP) is 2.89. The molecule has 5 nitrogen and oxygen atoms in total. The van der Waals surface area contributed by atoms with Crippen LogP contribution in [0.5, 0.6) is 0 Å². The standard InChI is InChI=1S/C19H24N4O/c1-14-5-6-16(20)12-17(14)19(24)22-13-15-7-8-21-18(11-15)23-9-3-2-4-10-23/h5-8,11-12H,2-4,9-10,13,20H2,1H3,(H,22,24). The molecule has 0 radical (unpaired) electrons. The van der Waals surface area contributed by atoms with Gasteiger partial charge in [-0.15, -0.1) is 0 Å². The molecule has 1 fully saturated rings. The number of aromatic nitrogens is 1. The zero-order valence-corrected chi connectivity index (χ0v) is 14.1. The number of nitrogens with one attached hydrogen (secondary N) is 1. The van der Waals surface area contributed by atoms with Crippen molar-refractivity contribution >= 4 is 17.4 Å². The molecule has 3 rings (SSSR count). The van der Waals surface area contributed by atoms with Crippen LogP contribution in [-0.4, -0.2) is 24.0 Å². The molecule has 3 N–H and O–H groups in total. The summed E-state index contributed by atoms with van der Waals surface area (Å²) in [4.78, 5) is 19.2. The first kappa shape index (κ1) is 16.3. The topological polar surface area (TPSA) is 71.2 Å². The van der Waals surface area contributed by atoms with Gasteiger partial charge in [0.15, 0.2) is 0 Å². The van der Waals surface area contributed by atoms with E-state index in [1.165, 1.54) is 19.3 Å². The van der Waals surface area contributed by atoms with E-state index in [1.54, 1.807) is 12.1 Å². The number of pyridine rings is 1. The van der Waals surface area contributed by atoms with Crippen LogP contribution in [0.3, 0.4) is 0 Å². The largest absolute Gasteiger partial charge is 0.399 e. The molecule has 2 aromatic rings. The number of hydrogen-bond donors (Lipinski definition) is 2. The number of carbonyl (C=O) groups is 1. The monoisotopic (exact) mass is 324 g/mol. The molecule has 126 valence electrons. The Balaban J connectivity index is 1.66. The minimum absolute atomic E-state index is 0.101. The summed E-state index contributed by atoms with van der Waals surface area (Å²) in [5.41, 5.74) is 8.98. The van der Waals surface area contributed by atoms with E-state index in [-0.39, 0.29) is 5.91 Å². The van der Waals surface area contributed by atoms with E-state index in [4.69, 9.17) is 5.73 Å². The zero-order chi connectivity index (χ0) is 16.9. The highest BCUT2D eigenvalue weighted by molar-refractivity contribution is 5.96. The summed E-state index contributed by atoms with van der Waals surface area (Å²) in [6.45, 7) is 4.52. The van der Waals surface area contributed by atoms with Gasteiger partial charge in [-0.25, -0.2) is 4.98 Å². The Morgan fingerprint density at radius 1 is 1.21 bits per heavy atom. The second-order valence-corrected chi connectivity index (χ2v) is 6.33. The van der Waals surface area contributed by atoms with Crippen molar-refractivity contribution < 1.29 is 4.79 Å². The van der Waals surface area contributed by atoms with Crippen LogP contribution in [0.15, 0.2) is 36.5 Å². The number of nitrogens with zero attached hydrogens (tertiary/aromatic N) is 2. The van der Waals surface area contributed by atoms with E-state index in [2.05, 4.69) is 21.3 Å². The lowest BCUT2D eigenvalue weighted by atomic mass is 10.1. The third-order valence-electron chi connectivity index (χ3n) is 4.45. The second kappa shape index (κ2) is 7.34. The molecule has 0 atom stereocenters. The fourth-order valence-corrected chi connectivity index (χ4v) is 3.03. The van der Waals surface area contributed by atoms with Crippen LogP contribution in [0.25, 0.3) is 0 Å². The lowest BCUT2D eigenvalue weighted by Gasteiger charge is -2.27. The van der Waals surface area contributed by atoms with E-state index in [9.17, 15) is 4.79 Å². The smallest absolute Gasteiger partial charge is 0.251 e. The van der Waals surface area contributed by atoms with Crippen molar-refractivity contribution in [3.05, 3.63) is 53.2 Å². The predicted molar refractivity (Wildman–Crippen MR) is 97.1 cm³/mol. The molecule has 0 aliphatic carbocycles. The average molecular weight is 324 g/mol. The van der Waals surface area contributed by atoms with Crippen molar-refractivity contribution in [2.45, 2.75) is 32.7 Å². The Labute approximate surface area is 142 Å². The van der Waals surface area contributed by atoms with Gasteiger partial charge in [0.1, 0.15) is 5.82 Å². The van der Waals surface area contributed by atoms with Gasteiger partial charge in [-0.1, -0.05) is 6.07 Å². The minimum Gasteiger partial charge on any atom is -0.399 e. The fraction of sp³-hybridized carbons (Fsp3) is 0.368.